The lowest BCUT2D eigenvalue weighted by atomic mass is 9.95. The molecule has 2 aromatic rings. The van der Waals surface area contributed by atoms with E-state index in [0.29, 0.717) is 18.5 Å². The fraction of sp³-hybridized carbons (Fsp3) is 0.455. The number of hydrogen-bond acceptors (Lipinski definition) is 3. The minimum absolute atomic E-state index is 0.0189. The van der Waals surface area contributed by atoms with E-state index in [1.807, 2.05) is 7.05 Å². The molecule has 0 saturated carbocycles. The Morgan fingerprint density at radius 1 is 1.14 bits per heavy atom. The standard InChI is InChI=1S/C22H27F3N2O/c1-22(2,28)13-27-8-7-19(26-3)20(27)11-14-5-4-6-18(21(14)25)15-9-16(23)12-17(24)10-15/h4-6,9-10,12,19-20,26,28H,7-8,11,13H2,1-3H3. The van der Waals surface area contributed by atoms with Crippen molar-refractivity contribution < 1.29 is 18.3 Å². The van der Waals surface area contributed by atoms with Crippen LogP contribution in [-0.2, 0) is 6.42 Å². The van der Waals surface area contributed by atoms with E-state index in [9.17, 15) is 13.9 Å². The van der Waals surface area contributed by atoms with Gasteiger partial charge in [-0.1, -0.05) is 18.2 Å². The predicted octanol–water partition coefficient (Wildman–Crippen LogP) is 3.75. The Kier molecular flexibility index (Phi) is 6.12. The maximum absolute atomic E-state index is 15.2. The molecular weight excluding hydrogens is 365 g/mol. The van der Waals surface area contributed by atoms with Crippen molar-refractivity contribution >= 4 is 0 Å². The van der Waals surface area contributed by atoms with Crippen molar-refractivity contribution in [3.05, 3.63) is 59.4 Å². The van der Waals surface area contributed by atoms with Crippen LogP contribution in [0.15, 0.2) is 36.4 Å². The minimum atomic E-state index is -0.847. The van der Waals surface area contributed by atoms with Gasteiger partial charge in [0.05, 0.1) is 5.60 Å². The fourth-order valence-corrected chi connectivity index (χ4v) is 4.11. The smallest absolute Gasteiger partial charge is 0.134 e. The number of likely N-dealkylation sites (N-methyl/N-ethyl adjacent to an activating group) is 1. The van der Waals surface area contributed by atoms with E-state index in [1.54, 1.807) is 26.0 Å². The van der Waals surface area contributed by atoms with Gasteiger partial charge in [-0.2, -0.15) is 0 Å². The number of hydrogen-bond donors (Lipinski definition) is 2. The van der Waals surface area contributed by atoms with Crippen LogP contribution in [0.5, 0.6) is 0 Å². The zero-order chi connectivity index (χ0) is 20.5. The van der Waals surface area contributed by atoms with Crippen LogP contribution in [-0.4, -0.2) is 47.8 Å². The third-order valence-corrected chi connectivity index (χ3v) is 5.30. The van der Waals surface area contributed by atoms with E-state index in [-0.39, 0.29) is 23.2 Å². The van der Waals surface area contributed by atoms with Gasteiger partial charge in [0.25, 0.3) is 0 Å². The molecule has 152 valence electrons. The summed E-state index contributed by atoms with van der Waals surface area (Å²) in [6.45, 7) is 4.83. The highest BCUT2D eigenvalue weighted by atomic mass is 19.1. The average Bonchev–Trinajstić information content (AvgIpc) is 2.95. The highest BCUT2D eigenvalue weighted by Crippen LogP contribution is 2.30. The quantitative estimate of drug-likeness (QED) is 0.786. The Balaban J connectivity index is 1.91. The zero-order valence-corrected chi connectivity index (χ0v) is 16.5. The van der Waals surface area contributed by atoms with Crippen LogP contribution in [0.4, 0.5) is 13.2 Å². The summed E-state index contributed by atoms with van der Waals surface area (Å²) < 4.78 is 42.4. The van der Waals surface area contributed by atoms with Crippen LogP contribution in [0.25, 0.3) is 11.1 Å². The van der Waals surface area contributed by atoms with E-state index in [0.717, 1.165) is 31.2 Å². The molecule has 3 nitrogen and oxygen atoms in total. The maximum Gasteiger partial charge on any atom is 0.134 e. The van der Waals surface area contributed by atoms with Crippen molar-refractivity contribution in [2.24, 2.45) is 0 Å². The molecule has 0 amide bonds. The highest BCUT2D eigenvalue weighted by Gasteiger charge is 2.36. The molecule has 2 aromatic carbocycles. The van der Waals surface area contributed by atoms with Crippen LogP contribution in [0.2, 0.25) is 0 Å². The molecule has 2 N–H and O–H groups in total. The van der Waals surface area contributed by atoms with Gasteiger partial charge < -0.3 is 10.4 Å². The molecule has 6 heteroatoms. The van der Waals surface area contributed by atoms with E-state index in [4.69, 9.17) is 0 Å². The van der Waals surface area contributed by atoms with Gasteiger partial charge in [0.1, 0.15) is 17.5 Å². The molecular formula is C22H27F3N2O. The molecule has 28 heavy (non-hydrogen) atoms. The molecule has 0 spiro atoms. The van der Waals surface area contributed by atoms with Gasteiger partial charge in [-0.15, -0.1) is 0 Å². The molecule has 1 aliphatic rings. The van der Waals surface area contributed by atoms with Crippen molar-refractivity contribution in [2.75, 3.05) is 20.1 Å². The Morgan fingerprint density at radius 2 is 1.82 bits per heavy atom. The molecule has 0 aliphatic carbocycles. The normalized spacial score (nSPS) is 20.7. The van der Waals surface area contributed by atoms with Gasteiger partial charge in [-0.05, 0) is 57.0 Å². The molecule has 0 aromatic heterocycles. The Labute approximate surface area is 164 Å². The number of benzene rings is 2. The zero-order valence-electron chi connectivity index (χ0n) is 16.5. The third kappa shape index (κ3) is 4.74. The first-order valence-corrected chi connectivity index (χ1v) is 9.55. The Morgan fingerprint density at radius 3 is 2.43 bits per heavy atom. The monoisotopic (exact) mass is 392 g/mol. The number of rotatable bonds is 6. The lowest BCUT2D eigenvalue weighted by Crippen LogP contribution is -2.47. The number of nitrogens with one attached hydrogen (secondary N) is 1. The van der Waals surface area contributed by atoms with E-state index < -0.39 is 23.1 Å². The van der Waals surface area contributed by atoms with Crippen molar-refractivity contribution in [3.8, 4) is 11.1 Å². The largest absolute Gasteiger partial charge is 0.389 e. The first kappa shape index (κ1) is 20.8. The topological polar surface area (TPSA) is 35.5 Å². The summed E-state index contributed by atoms with van der Waals surface area (Å²) in [5, 5.41) is 13.5. The summed E-state index contributed by atoms with van der Waals surface area (Å²) >= 11 is 0. The van der Waals surface area contributed by atoms with Crippen LogP contribution in [0.3, 0.4) is 0 Å². The van der Waals surface area contributed by atoms with Gasteiger partial charge in [0.15, 0.2) is 0 Å². The second kappa shape index (κ2) is 8.23. The fourth-order valence-electron chi connectivity index (χ4n) is 4.11. The SMILES string of the molecule is CNC1CCN(CC(C)(C)O)C1Cc1cccc(-c2cc(F)cc(F)c2)c1F. The molecule has 1 fully saturated rings. The van der Waals surface area contributed by atoms with Crippen LogP contribution in [0, 0.1) is 17.5 Å². The van der Waals surface area contributed by atoms with Gasteiger partial charge in [0.2, 0.25) is 0 Å². The van der Waals surface area contributed by atoms with Crippen LogP contribution >= 0.6 is 0 Å². The van der Waals surface area contributed by atoms with Gasteiger partial charge in [-0.3, -0.25) is 4.90 Å². The van der Waals surface area contributed by atoms with Crippen LogP contribution in [0.1, 0.15) is 25.8 Å². The summed E-state index contributed by atoms with van der Waals surface area (Å²) in [6, 6.07) is 8.20. The first-order chi connectivity index (χ1) is 13.2. The summed E-state index contributed by atoms with van der Waals surface area (Å²) in [6.07, 6.45) is 1.35. The van der Waals surface area contributed by atoms with Crippen molar-refractivity contribution in [1.29, 1.82) is 0 Å². The lowest BCUT2D eigenvalue weighted by molar-refractivity contribution is 0.0302. The summed E-state index contributed by atoms with van der Waals surface area (Å²) in [5.74, 6) is -1.93. The van der Waals surface area contributed by atoms with E-state index in [1.165, 1.54) is 6.07 Å². The number of nitrogens with zero attached hydrogens (tertiary/aromatic N) is 1. The first-order valence-electron chi connectivity index (χ1n) is 9.55. The molecule has 0 radical (unpaired) electrons. The second-order valence-corrected chi connectivity index (χ2v) is 8.18. The molecule has 2 unspecified atom stereocenters. The molecule has 1 saturated heterocycles. The maximum atomic E-state index is 15.2. The van der Waals surface area contributed by atoms with Crippen molar-refractivity contribution in [3.63, 3.8) is 0 Å². The van der Waals surface area contributed by atoms with Crippen molar-refractivity contribution in [1.82, 2.24) is 10.2 Å². The van der Waals surface area contributed by atoms with Gasteiger partial charge >= 0.3 is 0 Å². The lowest BCUT2D eigenvalue weighted by Gasteiger charge is -2.32. The average molecular weight is 392 g/mol. The summed E-state index contributed by atoms with van der Waals surface area (Å²) in [4.78, 5) is 2.18. The highest BCUT2D eigenvalue weighted by molar-refractivity contribution is 5.65. The van der Waals surface area contributed by atoms with Gasteiger partial charge in [0, 0.05) is 36.8 Å². The number of β-amino-alcohol motifs (C(OH)–C–C–N with tert-alkyl or cyclic N) is 1. The van der Waals surface area contributed by atoms with E-state index >= 15 is 4.39 Å². The summed E-state index contributed by atoms with van der Waals surface area (Å²) in [7, 11) is 1.88. The predicted molar refractivity (Wildman–Crippen MR) is 105 cm³/mol. The third-order valence-electron chi connectivity index (χ3n) is 5.30. The Bertz CT molecular complexity index is 815. The molecule has 1 aliphatic heterocycles. The molecule has 3 rings (SSSR count). The van der Waals surface area contributed by atoms with Crippen LogP contribution < -0.4 is 5.32 Å². The number of likely N-dealkylation sites (tertiary alicyclic amines) is 1. The molecule has 0 bridgehead atoms. The molecule has 2 atom stereocenters. The number of aliphatic hydroxyl groups is 1. The van der Waals surface area contributed by atoms with E-state index in [2.05, 4.69) is 10.2 Å². The molecule has 1 heterocycles. The Hall–Kier alpha value is -1.89. The van der Waals surface area contributed by atoms with Gasteiger partial charge in [-0.25, -0.2) is 13.2 Å². The second-order valence-electron chi connectivity index (χ2n) is 8.18. The summed E-state index contributed by atoms with van der Waals surface area (Å²) in [5.41, 5.74) is 0.0150. The van der Waals surface area contributed by atoms with Crippen molar-refractivity contribution in [2.45, 2.75) is 44.4 Å². The number of halogens is 3. The minimum Gasteiger partial charge on any atom is -0.389 e.